The van der Waals surface area contributed by atoms with Crippen LogP contribution in [0.15, 0.2) is 53.3 Å². The molecule has 3 rings (SSSR count). The summed E-state index contributed by atoms with van der Waals surface area (Å²) in [6, 6.07) is 16.1. The first kappa shape index (κ1) is 14.4. The van der Waals surface area contributed by atoms with E-state index in [1.54, 1.807) is 4.68 Å². The average molecular weight is 292 g/mol. The Kier molecular flexibility index (Phi) is 3.72. The van der Waals surface area contributed by atoms with Gasteiger partial charge in [-0.15, -0.1) is 0 Å². The second-order valence-electron chi connectivity index (χ2n) is 5.66. The largest absolute Gasteiger partial charge is 0.294 e. The first-order valence-corrected chi connectivity index (χ1v) is 7.58. The number of rotatable bonds is 3. The number of H-pyrrole nitrogens is 1. The number of hydrogen-bond donors (Lipinski definition) is 1. The molecular weight excluding hydrogens is 272 g/mol. The molecule has 112 valence electrons. The van der Waals surface area contributed by atoms with Crippen molar-refractivity contribution in [2.45, 2.75) is 27.2 Å². The van der Waals surface area contributed by atoms with E-state index in [2.05, 4.69) is 12.0 Å². The zero-order valence-electron chi connectivity index (χ0n) is 13.2. The molecule has 0 amide bonds. The third-order valence-corrected chi connectivity index (χ3v) is 3.95. The van der Waals surface area contributed by atoms with Gasteiger partial charge in [0, 0.05) is 5.69 Å². The predicted molar refractivity (Wildman–Crippen MR) is 90.7 cm³/mol. The van der Waals surface area contributed by atoms with Gasteiger partial charge in [0.2, 0.25) is 0 Å². The van der Waals surface area contributed by atoms with Gasteiger partial charge in [-0.1, -0.05) is 54.4 Å². The van der Waals surface area contributed by atoms with E-state index in [1.165, 1.54) is 11.1 Å². The Bertz CT molecular complexity index is 837. The van der Waals surface area contributed by atoms with Crippen LogP contribution in [0.1, 0.15) is 23.7 Å². The highest BCUT2D eigenvalue weighted by molar-refractivity contribution is 5.66. The molecular formula is C19H20N2O. The lowest BCUT2D eigenvalue weighted by Gasteiger charge is -2.01. The van der Waals surface area contributed by atoms with Crippen molar-refractivity contribution < 1.29 is 0 Å². The monoisotopic (exact) mass is 292 g/mol. The van der Waals surface area contributed by atoms with Crippen LogP contribution in [0.3, 0.4) is 0 Å². The van der Waals surface area contributed by atoms with Crippen LogP contribution in [-0.2, 0) is 6.42 Å². The molecule has 1 heterocycles. The molecule has 0 radical (unpaired) electrons. The summed E-state index contributed by atoms with van der Waals surface area (Å²) in [6.45, 7) is 6.14. The summed E-state index contributed by atoms with van der Waals surface area (Å²) >= 11 is 0. The van der Waals surface area contributed by atoms with Gasteiger partial charge in [0.05, 0.1) is 11.3 Å². The Hall–Kier alpha value is -2.55. The second-order valence-corrected chi connectivity index (χ2v) is 5.66. The maximum absolute atomic E-state index is 12.9. The molecule has 2 aromatic carbocycles. The van der Waals surface area contributed by atoms with Crippen molar-refractivity contribution in [1.82, 2.24) is 9.78 Å². The van der Waals surface area contributed by atoms with Gasteiger partial charge in [-0.25, -0.2) is 4.68 Å². The fourth-order valence-electron chi connectivity index (χ4n) is 2.63. The number of aryl methyl sites for hydroxylation is 3. The molecule has 0 saturated carbocycles. The standard InChI is InChI=1S/C19H20N2O/c1-4-17-18(15-9-5-13(2)6-10-15)19(22)21(20-17)16-11-7-14(3)8-12-16/h5-12,20H,4H2,1-3H3. The van der Waals surface area contributed by atoms with E-state index >= 15 is 0 Å². The first-order chi connectivity index (χ1) is 10.6. The van der Waals surface area contributed by atoms with Crippen LogP contribution in [0.5, 0.6) is 0 Å². The smallest absolute Gasteiger partial charge is 0.279 e. The lowest BCUT2D eigenvalue weighted by molar-refractivity contribution is 0.819. The minimum atomic E-state index is 0.00422. The van der Waals surface area contributed by atoms with E-state index in [0.717, 1.165) is 28.9 Å². The van der Waals surface area contributed by atoms with E-state index in [4.69, 9.17) is 0 Å². The van der Waals surface area contributed by atoms with Crippen LogP contribution in [-0.4, -0.2) is 9.78 Å². The number of benzene rings is 2. The molecule has 0 saturated heterocycles. The highest BCUT2D eigenvalue weighted by Gasteiger charge is 2.15. The molecule has 0 aliphatic carbocycles. The van der Waals surface area contributed by atoms with Crippen molar-refractivity contribution in [1.29, 1.82) is 0 Å². The Morgan fingerprint density at radius 1 is 0.909 bits per heavy atom. The van der Waals surface area contributed by atoms with Crippen molar-refractivity contribution >= 4 is 0 Å². The minimum Gasteiger partial charge on any atom is -0.294 e. The summed E-state index contributed by atoms with van der Waals surface area (Å²) in [5, 5.41) is 3.25. The summed E-state index contributed by atoms with van der Waals surface area (Å²) in [5.41, 5.74) is 5.94. The van der Waals surface area contributed by atoms with E-state index in [1.807, 2.05) is 62.4 Å². The molecule has 0 spiro atoms. The van der Waals surface area contributed by atoms with Crippen LogP contribution in [0.2, 0.25) is 0 Å². The summed E-state index contributed by atoms with van der Waals surface area (Å²) in [7, 11) is 0. The maximum Gasteiger partial charge on any atom is 0.279 e. The number of nitrogens with one attached hydrogen (secondary N) is 1. The second kappa shape index (κ2) is 5.68. The molecule has 3 nitrogen and oxygen atoms in total. The van der Waals surface area contributed by atoms with Crippen molar-refractivity contribution in [3.8, 4) is 16.8 Å². The van der Waals surface area contributed by atoms with Crippen LogP contribution in [0.25, 0.3) is 16.8 Å². The van der Waals surface area contributed by atoms with Gasteiger partial charge in [0.15, 0.2) is 0 Å². The topological polar surface area (TPSA) is 37.8 Å². The summed E-state index contributed by atoms with van der Waals surface area (Å²) in [4.78, 5) is 12.9. The van der Waals surface area contributed by atoms with E-state index in [9.17, 15) is 4.79 Å². The molecule has 22 heavy (non-hydrogen) atoms. The lowest BCUT2D eigenvalue weighted by atomic mass is 10.0. The summed E-state index contributed by atoms with van der Waals surface area (Å²) < 4.78 is 1.63. The summed E-state index contributed by atoms with van der Waals surface area (Å²) in [5.74, 6) is 0. The zero-order valence-corrected chi connectivity index (χ0v) is 13.2. The van der Waals surface area contributed by atoms with Gasteiger partial charge >= 0.3 is 0 Å². The van der Waals surface area contributed by atoms with Crippen LogP contribution >= 0.6 is 0 Å². The lowest BCUT2D eigenvalue weighted by Crippen LogP contribution is -2.15. The van der Waals surface area contributed by atoms with E-state index in [0.29, 0.717) is 0 Å². The fourth-order valence-corrected chi connectivity index (χ4v) is 2.63. The van der Waals surface area contributed by atoms with Crippen LogP contribution < -0.4 is 5.56 Å². The van der Waals surface area contributed by atoms with Crippen LogP contribution in [0.4, 0.5) is 0 Å². The zero-order chi connectivity index (χ0) is 15.7. The van der Waals surface area contributed by atoms with Crippen molar-refractivity contribution in [3.05, 3.63) is 75.7 Å². The number of aromatic amines is 1. The molecule has 0 aliphatic rings. The van der Waals surface area contributed by atoms with Gasteiger partial charge in [-0.2, -0.15) is 0 Å². The van der Waals surface area contributed by atoms with Gasteiger partial charge in [-0.3, -0.25) is 9.89 Å². The molecule has 0 atom stereocenters. The van der Waals surface area contributed by atoms with Crippen LogP contribution in [0, 0.1) is 13.8 Å². The Balaban J connectivity index is 2.17. The van der Waals surface area contributed by atoms with Crippen molar-refractivity contribution in [2.75, 3.05) is 0 Å². The molecule has 3 heteroatoms. The normalized spacial score (nSPS) is 10.9. The molecule has 0 aliphatic heterocycles. The number of nitrogens with zero attached hydrogens (tertiary/aromatic N) is 1. The highest BCUT2D eigenvalue weighted by Crippen LogP contribution is 2.21. The minimum absolute atomic E-state index is 0.00422. The molecule has 3 aromatic rings. The van der Waals surface area contributed by atoms with Crippen molar-refractivity contribution in [2.24, 2.45) is 0 Å². The maximum atomic E-state index is 12.9. The number of hydrogen-bond acceptors (Lipinski definition) is 1. The third-order valence-electron chi connectivity index (χ3n) is 3.95. The summed E-state index contributed by atoms with van der Waals surface area (Å²) in [6.07, 6.45) is 0.789. The van der Waals surface area contributed by atoms with Gasteiger partial charge in [0.25, 0.3) is 5.56 Å². The first-order valence-electron chi connectivity index (χ1n) is 7.58. The molecule has 0 bridgehead atoms. The molecule has 0 unspecified atom stereocenters. The molecule has 1 N–H and O–H groups in total. The Morgan fingerprint density at radius 3 is 2.00 bits per heavy atom. The fraction of sp³-hybridized carbons (Fsp3) is 0.211. The molecule has 0 fully saturated rings. The Labute approximate surface area is 130 Å². The van der Waals surface area contributed by atoms with E-state index in [-0.39, 0.29) is 5.56 Å². The van der Waals surface area contributed by atoms with E-state index < -0.39 is 0 Å². The average Bonchev–Trinajstić information content (AvgIpc) is 2.86. The SMILES string of the molecule is CCc1[nH]n(-c2ccc(C)cc2)c(=O)c1-c1ccc(C)cc1. The Morgan fingerprint density at radius 2 is 1.45 bits per heavy atom. The molecule has 1 aromatic heterocycles. The quantitative estimate of drug-likeness (QED) is 0.778. The third kappa shape index (κ3) is 2.50. The highest BCUT2D eigenvalue weighted by atomic mass is 16.1. The van der Waals surface area contributed by atoms with Gasteiger partial charge < -0.3 is 0 Å². The van der Waals surface area contributed by atoms with Gasteiger partial charge in [0.1, 0.15) is 0 Å². The van der Waals surface area contributed by atoms with Gasteiger partial charge in [-0.05, 0) is 38.0 Å². The number of aromatic nitrogens is 2. The predicted octanol–water partition coefficient (Wildman–Crippen LogP) is 4.01. The van der Waals surface area contributed by atoms with Crippen molar-refractivity contribution in [3.63, 3.8) is 0 Å².